The van der Waals surface area contributed by atoms with Gasteiger partial charge in [-0.25, -0.2) is 19.5 Å². The Bertz CT molecular complexity index is 2240. The SMILES string of the molecule is [B]OC(=O)[C@@]1(SCCN(C(=O)OC(C)(C)C)C(=O)/C(=N\N(C)C(=O)OC(C)(C)C)c2ccc(OCc3ccc(OC)cc3)c(OCc3ccc(OC)cc3)c2Cl)CN2C(=O)[C@@H](N)C2S1. The van der Waals surface area contributed by atoms with E-state index in [9.17, 15) is 19.2 Å². The van der Waals surface area contributed by atoms with E-state index in [-0.39, 0.29) is 60.0 Å². The maximum absolute atomic E-state index is 15.0. The third-order valence-electron chi connectivity index (χ3n) is 9.32. The normalized spacial score (nSPS) is 18.3. The quantitative estimate of drug-likeness (QED) is 0.0742. The number of benzene rings is 3. The van der Waals surface area contributed by atoms with Crippen molar-refractivity contribution < 1.29 is 57.0 Å². The van der Waals surface area contributed by atoms with Crippen LogP contribution in [0.3, 0.4) is 0 Å². The number of imide groups is 1. The molecule has 17 nitrogen and oxygen atoms in total. The van der Waals surface area contributed by atoms with Gasteiger partial charge in [0.15, 0.2) is 21.3 Å². The Morgan fingerprint density at radius 1 is 0.891 bits per heavy atom. The van der Waals surface area contributed by atoms with E-state index in [1.807, 2.05) is 12.1 Å². The zero-order chi connectivity index (χ0) is 47.1. The van der Waals surface area contributed by atoms with Gasteiger partial charge >= 0.3 is 26.2 Å². The molecule has 0 spiro atoms. The predicted molar refractivity (Wildman–Crippen MR) is 243 cm³/mol. The maximum atomic E-state index is 15.0. The molecule has 0 aromatic heterocycles. The number of carbonyl (C=O) groups is 5. The molecule has 2 aliphatic rings. The zero-order valence-corrected chi connectivity index (χ0v) is 39.4. The fraction of sp³-hybridized carbons (Fsp3) is 0.442. The standard InChI is InChI=1S/C43H51BClN5O12S2/c1-41(2,3)60-39(54)48(7)47-33(36(52)49(40(55)61-42(4,5)6)20-21-63-43(38(53)62-44)24-50-35(51)32(46)37(50)64-43)29-18-19-30(58-22-25-10-14-27(56-8)15-11-25)34(31(29)45)59-23-26-12-16-28(57-9)17-13-26/h10-19,32,37H,20-24,46H2,1-9H3/b47-33-/t32-,37?,43-/m1/s1. The number of carbonyl (C=O) groups excluding carboxylic acids is 5. The number of hydrogen-bond acceptors (Lipinski definition) is 16. The number of nitrogens with two attached hydrogens (primary N) is 1. The van der Waals surface area contributed by atoms with Gasteiger partial charge in [0, 0.05) is 24.9 Å². The monoisotopic (exact) mass is 939 g/mol. The van der Waals surface area contributed by atoms with E-state index in [2.05, 4.69) is 9.76 Å². The highest BCUT2D eigenvalue weighted by Gasteiger charge is 2.61. The van der Waals surface area contributed by atoms with Crippen molar-refractivity contribution in [1.29, 1.82) is 0 Å². The van der Waals surface area contributed by atoms with Crippen LogP contribution in [0, 0.1) is 0 Å². The minimum atomic E-state index is -1.43. The first-order valence-corrected chi connectivity index (χ1v) is 22.1. The first-order chi connectivity index (χ1) is 30.1. The summed E-state index contributed by atoms with van der Waals surface area (Å²) in [6, 6.07) is 16.5. The lowest BCUT2D eigenvalue weighted by molar-refractivity contribution is -0.144. The summed E-state index contributed by atoms with van der Waals surface area (Å²) in [6.07, 6.45) is -2.01. The minimum Gasteiger partial charge on any atom is -0.542 e. The average Bonchev–Trinajstić information content (AvgIpc) is 3.61. The number of halogens is 1. The number of amides is 4. The van der Waals surface area contributed by atoms with Crippen LogP contribution in [0.1, 0.15) is 58.2 Å². The van der Waals surface area contributed by atoms with E-state index in [1.165, 1.54) is 24.1 Å². The topological polar surface area (TPSA) is 198 Å². The summed E-state index contributed by atoms with van der Waals surface area (Å²) in [7, 11) is 9.73. The van der Waals surface area contributed by atoms with Crippen LogP contribution < -0.4 is 24.7 Å². The van der Waals surface area contributed by atoms with Gasteiger partial charge in [0.05, 0.1) is 25.8 Å². The van der Waals surface area contributed by atoms with Gasteiger partial charge in [-0.15, -0.1) is 23.5 Å². The van der Waals surface area contributed by atoms with Crippen LogP contribution in [0.15, 0.2) is 65.8 Å². The molecule has 0 aliphatic carbocycles. The van der Waals surface area contributed by atoms with Crippen molar-refractivity contribution in [2.75, 3.05) is 40.1 Å². The molecular weight excluding hydrogens is 889 g/mol. The third-order valence-corrected chi connectivity index (χ3v) is 13.0. The Morgan fingerprint density at radius 2 is 1.44 bits per heavy atom. The second kappa shape index (κ2) is 20.7. The molecule has 2 saturated heterocycles. The van der Waals surface area contributed by atoms with Crippen LogP contribution in [0.2, 0.25) is 5.02 Å². The van der Waals surface area contributed by atoms with E-state index in [4.69, 9.17) is 53.8 Å². The molecule has 3 aromatic carbocycles. The molecule has 2 fully saturated rings. The fourth-order valence-corrected chi connectivity index (χ4v) is 9.57. The van der Waals surface area contributed by atoms with Crippen LogP contribution in [-0.2, 0) is 41.7 Å². The molecule has 3 aromatic rings. The second-order valence-corrected chi connectivity index (χ2v) is 19.9. The molecule has 0 bridgehead atoms. The molecule has 64 heavy (non-hydrogen) atoms. The highest BCUT2D eigenvalue weighted by Crippen LogP contribution is 2.52. The Balaban J connectivity index is 1.57. The van der Waals surface area contributed by atoms with Crippen molar-refractivity contribution >= 4 is 78.9 Å². The fourth-order valence-electron chi connectivity index (χ4n) is 6.14. The van der Waals surface area contributed by atoms with Crippen molar-refractivity contribution in [3.8, 4) is 23.0 Å². The Labute approximate surface area is 386 Å². The largest absolute Gasteiger partial charge is 0.542 e. The average molecular weight is 940 g/mol. The number of β-lactam (4-membered cyclic amide) rings is 1. The number of hydrogen-bond donors (Lipinski definition) is 1. The smallest absolute Gasteiger partial charge is 0.430 e. The van der Waals surface area contributed by atoms with Gasteiger partial charge in [-0.3, -0.25) is 14.4 Å². The van der Waals surface area contributed by atoms with Crippen LogP contribution in [-0.4, -0.2) is 125 Å². The number of hydrazone groups is 1. The predicted octanol–water partition coefficient (Wildman–Crippen LogP) is 6.15. The first-order valence-electron chi connectivity index (χ1n) is 19.8. The molecule has 2 aliphatic heterocycles. The van der Waals surface area contributed by atoms with Gasteiger partial charge in [0.1, 0.15) is 47.3 Å². The van der Waals surface area contributed by atoms with Gasteiger partial charge < -0.3 is 43.7 Å². The molecule has 1 unspecified atom stereocenters. The van der Waals surface area contributed by atoms with Crippen LogP contribution in [0.5, 0.6) is 23.0 Å². The summed E-state index contributed by atoms with van der Waals surface area (Å²) >= 11 is 9.31. The van der Waals surface area contributed by atoms with E-state index in [1.54, 1.807) is 92.2 Å². The summed E-state index contributed by atoms with van der Waals surface area (Å²) in [4.78, 5) is 70.3. The first kappa shape index (κ1) is 49.7. The molecule has 2 heterocycles. The molecule has 5 rings (SSSR count). The van der Waals surface area contributed by atoms with Crippen molar-refractivity contribution in [2.45, 2.75) is 81.5 Å². The maximum Gasteiger partial charge on any atom is 0.430 e. The lowest BCUT2D eigenvalue weighted by Crippen LogP contribution is -2.64. The van der Waals surface area contributed by atoms with Crippen molar-refractivity contribution in [2.24, 2.45) is 10.8 Å². The number of rotatable bonds is 16. The Kier molecular flexibility index (Phi) is 16.1. The number of methoxy groups -OCH3 is 2. The number of nitrogens with zero attached hydrogens (tertiary/aromatic N) is 4. The summed E-state index contributed by atoms with van der Waals surface area (Å²) in [5, 5.41) is 4.55. The molecular formula is C43H51BClN5O12S2. The summed E-state index contributed by atoms with van der Waals surface area (Å²) in [5.41, 5.74) is 4.96. The highest BCUT2D eigenvalue weighted by atomic mass is 35.5. The molecule has 21 heteroatoms. The highest BCUT2D eigenvalue weighted by molar-refractivity contribution is 8.20. The number of ether oxygens (including phenoxy) is 6. The molecule has 4 amide bonds. The van der Waals surface area contributed by atoms with Crippen molar-refractivity contribution in [1.82, 2.24) is 14.8 Å². The van der Waals surface area contributed by atoms with Gasteiger partial charge in [-0.2, -0.15) is 5.10 Å². The lowest BCUT2D eigenvalue weighted by atomic mass is 10.1. The van der Waals surface area contributed by atoms with Crippen molar-refractivity contribution in [3.63, 3.8) is 0 Å². The molecule has 2 radical (unpaired) electrons. The molecule has 2 N–H and O–H groups in total. The minimum absolute atomic E-state index is 0.00860. The van der Waals surface area contributed by atoms with E-state index >= 15 is 4.79 Å². The Hall–Kier alpha value is -5.31. The molecule has 342 valence electrons. The third kappa shape index (κ3) is 12.1. The zero-order valence-electron chi connectivity index (χ0n) is 37.0. The van der Waals surface area contributed by atoms with Gasteiger partial charge in [-0.05, 0) is 89.1 Å². The van der Waals surface area contributed by atoms with E-state index in [0.29, 0.717) is 11.5 Å². The Morgan fingerprint density at radius 3 is 1.95 bits per heavy atom. The number of thioether (sulfide) groups is 2. The van der Waals surface area contributed by atoms with Crippen molar-refractivity contribution in [3.05, 3.63) is 82.4 Å². The van der Waals surface area contributed by atoms with Gasteiger partial charge in [0.25, 0.3) is 5.91 Å². The van der Waals surface area contributed by atoms with E-state index in [0.717, 1.165) is 44.6 Å². The lowest BCUT2D eigenvalue weighted by Gasteiger charge is -2.38. The van der Waals surface area contributed by atoms with E-state index < -0.39 is 56.5 Å². The van der Waals surface area contributed by atoms with Gasteiger partial charge in [0.2, 0.25) is 5.91 Å². The summed E-state index contributed by atoms with van der Waals surface area (Å²) in [6.45, 7) is 9.45. The molecule has 0 saturated carbocycles. The van der Waals surface area contributed by atoms with Crippen LogP contribution in [0.25, 0.3) is 0 Å². The van der Waals surface area contributed by atoms with Gasteiger partial charge in [-0.1, -0.05) is 35.9 Å². The summed E-state index contributed by atoms with van der Waals surface area (Å²) in [5.74, 6) is -0.809. The second-order valence-electron chi connectivity index (χ2n) is 16.4. The summed E-state index contributed by atoms with van der Waals surface area (Å²) < 4.78 is 37.6. The van der Waals surface area contributed by atoms with Crippen LogP contribution in [0.4, 0.5) is 9.59 Å². The molecule has 3 atom stereocenters. The number of fused-ring (bicyclic) bond motifs is 1. The van der Waals surface area contributed by atoms with Crippen LogP contribution >= 0.6 is 35.1 Å².